The maximum absolute atomic E-state index is 12.7. The number of aryl methyl sites for hydroxylation is 1. The van der Waals surface area contributed by atoms with Gasteiger partial charge in [0.25, 0.3) is 5.91 Å². The first-order valence-corrected chi connectivity index (χ1v) is 10.1. The predicted octanol–water partition coefficient (Wildman–Crippen LogP) is 2.53. The molecule has 0 aliphatic heterocycles. The van der Waals surface area contributed by atoms with Gasteiger partial charge in [0.1, 0.15) is 6.20 Å². The van der Waals surface area contributed by atoms with E-state index >= 15 is 0 Å². The number of fused-ring (bicyclic) bond motifs is 1. The van der Waals surface area contributed by atoms with Crippen LogP contribution in [0.15, 0.2) is 33.8 Å². The number of hydrogen-bond acceptors (Lipinski definition) is 6. The van der Waals surface area contributed by atoms with E-state index in [1.54, 1.807) is 16.2 Å². The van der Waals surface area contributed by atoms with E-state index in [4.69, 9.17) is 4.98 Å². The van der Waals surface area contributed by atoms with E-state index in [-0.39, 0.29) is 28.7 Å². The zero-order chi connectivity index (χ0) is 21.5. The van der Waals surface area contributed by atoms with Crippen LogP contribution >= 0.6 is 0 Å². The van der Waals surface area contributed by atoms with Crippen LogP contribution in [0.4, 0.5) is 0 Å². The fraction of sp³-hybridized carbons (Fsp3) is 0.476. The highest BCUT2D eigenvalue weighted by Gasteiger charge is 2.22. The lowest BCUT2D eigenvalue weighted by atomic mass is 9.93. The topological polar surface area (TPSA) is 108 Å². The highest BCUT2D eigenvalue weighted by atomic mass is 16.6. The molecular formula is C21H26N6O3. The minimum absolute atomic E-state index is 0.00975. The third-order valence-corrected chi connectivity index (χ3v) is 5.28. The summed E-state index contributed by atoms with van der Waals surface area (Å²) in [7, 11) is 1.76. The first-order valence-electron chi connectivity index (χ1n) is 10.1. The van der Waals surface area contributed by atoms with Crippen LogP contribution in [-0.4, -0.2) is 36.4 Å². The van der Waals surface area contributed by atoms with Crippen LogP contribution in [0.5, 0.6) is 0 Å². The van der Waals surface area contributed by atoms with Crippen LogP contribution in [0, 0.1) is 5.41 Å². The molecule has 1 aliphatic rings. The smallest absolute Gasteiger partial charge is 0.330 e. The first kappa shape index (κ1) is 20.1. The molecule has 3 aromatic rings. The number of aromatic nitrogens is 5. The average molecular weight is 410 g/mol. The van der Waals surface area contributed by atoms with Crippen molar-refractivity contribution in [3.05, 3.63) is 46.3 Å². The van der Waals surface area contributed by atoms with Gasteiger partial charge in [-0.15, -0.1) is 0 Å². The van der Waals surface area contributed by atoms with Crippen LogP contribution in [0.3, 0.4) is 0 Å². The Labute approximate surface area is 173 Å². The number of hydrogen-bond donors (Lipinski definition) is 1. The van der Waals surface area contributed by atoms with E-state index in [2.05, 4.69) is 47.1 Å². The van der Waals surface area contributed by atoms with E-state index in [0.717, 1.165) is 29.6 Å². The molecule has 1 atom stereocenters. The van der Waals surface area contributed by atoms with Crippen LogP contribution in [-0.2, 0) is 13.6 Å². The maximum Gasteiger partial charge on any atom is 0.330 e. The third-order valence-electron chi connectivity index (χ3n) is 5.28. The predicted molar refractivity (Wildman–Crippen MR) is 112 cm³/mol. The number of imidazole rings is 1. The summed E-state index contributed by atoms with van der Waals surface area (Å²) in [4.78, 5) is 29.6. The van der Waals surface area contributed by atoms with Gasteiger partial charge in [-0.05, 0) is 47.5 Å². The Kier molecular flexibility index (Phi) is 5.05. The second kappa shape index (κ2) is 7.55. The van der Waals surface area contributed by atoms with Gasteiger partial charge < -0.3 is 5.32 Å². The second-order valence-corrected chi connectivity index (χ2v) is 8.99. The standard InChI is InChI=1S/C21H26N6O3/c1-21(2,3)12-27-17-10-9-15(24-18(17)26(4)20(27)29)13-5-7-14(8-6-13)23-19(28)16-11-22-30-25-16/h5,9-11,14H,6-8,12H2,1-4H3,(H,23,28). The molecule has 30 heavy (non-hydrogen) atoms. The number of rotatable bonds is 4. The summed E-state index contributed by atoms with van der Waals surface area (Å²) in [6, 6.07) is 3.99. The SMILES string of the molecule is Cn1c(=O)n(CC(C)(C)C)c2ccc(C3=CCC(NC(=O)c4cnon4)CC3)nc21. The lowest BCUT2D eigenvalue weighted by Crippen LogP contribution is -2.35. The lowest BCUT2D eigenvalue weighted by Gasteiger charge is -2.22. The van der Waals surface area contributed by atoms with Crippen molar-refractivity contribution in [2.24, 2.45) is 12.5 Å². The number of amides is 1. The number of carbonyl (C=O) groups excluding carboxylic acids is 1. The van der Waals surface area contributed by atoms with Gasteiger partial charge in [-0.2, -0.15) is 0 Å². The Bertz CT molecular complexity index is 1160. The molecule has 9 heteroatoms. The molecule has 3 aromatic heterocycles. The number of pyridine rings is 1. The fourth-order valence-corrected chi connectivity index (χ4v) is 3.80. The first-order chi connectivity index (χ1) is 14.2. The van der Waals surface area contributed by atoms with Crippen LogP contribution in [0.25, 0.3) is 16.7 Å². The molecule has 1 N–H and O–H groups in total. The average Bonchev–Trinajstić information content (AvgIpc) is 3.32. The molecule has 1 unspecified atom stereocenters. The van der Waals surface area contributed by atoms with Gasteiger partial charge in [0.2, 0.25) is 0 Å². The number of carbonyl (C=O) groups is 1. The summed E-state index contributed by atoms with van der Waals surface area (Å²) in [5, 5.41) is 9.96. The van der Waals surface area contributed by atoms with E-state index in [1.807, 2.05) is 12.1 Å². The van der Waals surface area contributed by atoms with Crippen molar-refractivity contribution in [1.29, 1.82) is 0 Å². The number of nitrogens with one attached hydrogen (secondary N) is 1. The van der Waals surface area contributed by atoms with Crippen molar-refractivity contribution < 1.29 is 9.42 Å². The molecular weight excluding hydrogens is 384 g/mol. The molecule has 9 nitrogen and oxygen atoms in total. The monoisotopic (exact) mass is 410 g/mol. The van der Waals surface area contributed by atoms with Crippen molar-refractivity contribution in [1.82, 2.24) is 29.7 Å². The van der Waals surface area contributed by atoms with Crippen molar-refractivity contribution >= 4 is 22.6 Å². The zero-order valence-electron chi connectivity index (χ0n) is 17.7. The molecule has 0 spiro atoms. The van der Waals surface area contributed by atoms with Gasteiger partial charge in [-0.3, -0.25) is 13.9 Å². The summed E-state index contributed by atoms with van der Waals surface area (Å²) >= 11 is 0. The minimum atomic E-state index is -0.284. The van der Waals surface area contributed by atoms with Gasteiger partial charge in [0.15, 0.2) is 11.3 Å². The molecule has 0 aromatic carbocycles. The minimum Gasteiger partial charge on any atom is -0.347 e. The lowest BCUT2D eigenvalue weighted by molar-refractivity contribution is 0.0925. The van der Waals surface area contributed by atoms with Crippen LogP contribution < -0.4 is 11.0 Å². The number of allylic oxidation sites excluding steroid dienone is 1. The zero-order valence-corrected chi connectivity index (χ0v) is 17.7. The molecule has 0 fully saturated rings. The van der Waals surface area contributed by atoms with Gasteiger partial charge in [-0.1, -0.05) is 32.0 Å². The Hall–Kier alpha value is -3.23. The highest BCUT2D eigenvalue weighted by Crippen LogP contribution is 2.28. The normalized spacial score (nSPS) is 17.2. The van der Waals surface area contributed by atoms with Gasteiger partial charge >= 0.3 is 5.69 Å². The molecule has 3 heterocycles. The molecule has 0 saturated carbocycles. The molecule has 4 rings (SSSR count). The Morgan fingerprint density at radius 3 is 2.77 bits per heavy atom. The summed E-state index contributed by atoms with van der Waals surface area (Å²) in [5.41, 5.74) is 3.66. The van der Waals surface area contributed by atoms with Gasteiger partial charge in [-0.25, -0.2) is 14.4 Å². The molecule has 0 saturated heterocycles. The van der Waals surface area contributed by atoms with Crippen LogP contribution in [0.1, 0.15) is 56.2 Å². The molecule has 158 valence electrons. The van der Waals surface area contributed by atoms with Crippen molar-refractivity contribution in [2.75, 3.05) is 0 Å². The van der Waals surface area contributed by atoms with Gasteiger partial charge in [0, 0.05) is 19.6 Å². The molecule has 1 aliphatic carbocycles. The van der Waals surface area contributed by atoms with Gasteiger partial charge in [0.05, 0.1) is 11.2 Å². The van der Waals surface area contributed by atoms with Crippen molar-refractivity contribution in [2.45, 2.75) is 52.6 Å². The quantitative estimate of drug-likeness (QED) is 0.708. The fourth-order valence-electron chi connectivity index (χ4n) is 3.80. The van der Waals surface area contributed by atoms with E-state index in [1.165, 1.54) is 6.20 Å². The van der Waals surface area contributed by atoms with E-state index in [9.17, 15) is 9.59 Å². The number of nitrogens with zero attached hydrogens (tertiary/aromatic N) is 5. The summed E-state index contributed by atoms with van der Waals surface area (Å²) in [6.07, 6.45) is 5.70. The summed E-state index contributed by atoms with van der Waals surface area (Å²) in [6.45, 7) is 6.97. The molecule has 1 amide bonds. The summed E-state index contributed by atoms with van der Waals surface area (Å²) < 4.78 is 7.89. The summed E-state index contributed by atoms with van der Waals surface area (Å²) in [5.74, 6) is -0.284. The third kappa shape index (κ3) is 3.92. The second-order valence-electron chi connectivity index (χ2n) is 8.99. The Balaban J connectivity index is 1.54. The Morgan fingerprint density at radius 1 is 1.33 bits per heavy atom. The van der Waals surface area contributed by atoms with Crippen molar-refractivity contribution in [3.63, 3.8) is 0 Å². The highest BCUT2D eigenvalue weighted by molar-refractivity contribution is 5.92. The maximum atomic E-state index is 12.7. The van der Waals surface area contributed by atoms with Crippen LogP contribution in [0.2, 0.25) is 0 Å². The molecule has 0 bridgehead atoms. The van der Waals surface area contributed by atoms with Crippen molar-refractivity contribution in [3.8, 4) is 0 Å². The van der Waals surface area contributed by atoms with E-state index in [0.29, 0.717) is 18.6 Å². The van der Waals surface area contributed by atoms with E-state index < -0.39 is 0 Å². The molecule has 0 radical (unpaired) electrons. The Morgan fingerprint density at radius 2 is 2.13 bits per heavy atom. The largest absolute Gasteiger partial charge is 0.347 e.